The fraction of sp³-hybridized carbons (Fsp3) is 0.250. The summed E-state index contributed by atoms with van der Waals surface area (Å²) in [6.45, 7) is 1.96. The predicted molar refractivity (Wildman–Crippen MR) is 74.7 cm³/mol. The van der Waals surface area contributed by atoms with Crippen LogP contribution in [0.1, 0.15) is 22.7 Å². The zero-order valence-corrected chi connectivity index (χ0v) is 11.5. The molecule has 2 aromatic rings. The molecule has 0 amide bonds. The second kappa shape index (κ2) is 6.01. The van der Waals surface area contributed by atoms with Gasteiger partial charge in [-0.15, -0.1) is 0 Å². The number of halogens is 2. The Balaban J connectivity index is 2.27. The highest BCUT2D eigenvalue weighted by Gasteiger charge is 2.14. The maximum Gasteiger partial charge on any atom is 0.126 e. The molecule has 20 heavy (non-hydrogen) atoms. The fourth-order valence-electron chi connectivity index (χ4n) is 2.24. The van der Waals surface area contributed by atoms with Crippen molar-refractivity contribution in [2.24, 2.45) is 5.73 Å². The third kappa shape index (κ3) is 3.33. The molecule has 0 saturated heterocycles. The van der Waals surface area contributed by atoms with Gasteiger partial charge in [-0.3, -0.25) is 0 Å². The highest BCUT2D eigenvalue weighted by atomic mass is 19.1. The first-order valence-corrected chi connectivity index (χ1v) is 6.34. The van der Waals surface area contributed by atoms with Crippen LogP contribution in [0.2, 0.25) is 0 Å². The van der Waals surface area contributed by atoms with E-state index in [1.807, 2.05) is 25.1 Å². The molecule has 4 heteroatoms. The monoisotopic (exact) mass is 277 g/mol. The summed E-state index contributed by atoms with van der Waals surface area (Å²) < 4.78 is 31.6. The molecule has 2 nitrogen and oxygen atoms in total. The molecule has 2 aromatic carbocycles. The summed E-state index contributed by atoms with van der Waals surface area (Å²) in [6, 6.07) is 8.76. The van der Waals surface area contributed by atoms with E-state index in [1.165, 1.54) is 12.1 Å². The highest BCUT2D eigenvalue weighted by molar-refractivity contribution is 5.39. The van der Waals surface area contributed by atoms with Crippen molar-refractivity contribution >= 4 is 0 Å². The van der Waals surface area contributed by atoms with Gasteiger partial charge in [0.1, 0.15) is 17.4 Å². The van der Waals surface area contributed by atoms with E-state index < -0.39 is 11.6 Å². The van der Waals surface area contributed by atoms with E-state index in [-0.39, 0.29) is 6.04 Å². The van der Waals surface area contributed by atoms with Gasteiger partial charge in [0.15, 0.2) is 0 Å². The standard InChI is InChI=1S/C16H17F2NO/c1-10-3-4-16(20-2)14(5-10)15(19)8-11-6-12(17)9-13(18)7-11/h3-7,9,15H,8,19H2,1-2H3. The number of hydrogen-bond acceptors (Lipinski definition) is 2. The number of aryl methyl sites for hydroxylation is 1. The Morgan fingerprint density at radius 1 is 1.10 bits per heavy atom. The molecule has 2 rings (SSSR count). The summed E-state index contributed by atoms with van der Waals surface area (Å²) in [7, 11) is 1.57. The summed E-state index contributed by atoms with van der Waals surface area (Å²) in [5.74, 6) is -0.508. The molecule has 0 aromatic heterocycles. The molecule has 0 spiro atoms. The SMILES string of the molecule is COc1ccc(C)cc1C(N)Cc1cc(F)cc(F)c1. The minimum absolute atomic E-state index is 0.342. The summed E-state index contributed by atoms with van der Waals surface area (Å²) in [4.78, 5) is 0. The van der Waals surface area contributed by atoms with Crippen molar-refractivity contribution in [3.8, 4) is 5.75 Å². The molecular weight excluding hydrogens is 260 g/mol. The Morgan fingerprint density at radius 3 is 2.35 bits per heavy atom. The molecule has 0 radical (unpaired) electrons. The van der Waals surface area contributed by atoms with Crippen molar-refractivity contribution in [3.63, 3.8) is 0 Å². The van der Waals surface area contributed by atoms with Gasteiger partial charge < -0.3 is 10.5 Å². The van der Waals surface area contributed by atoms with Gasteiger partial charge in [-0.2, -0.15) is 0 Å². The number of rotatable bonds is 4. The second-order valence-corrected chi connectivity index (χ2v) is 4.83. The van der Waals surface area contributed by atoms with Gasteiger partial charge in [-0.25, -0.2) is 8.78 Å². The van der Waals surface area contributed by atoms with Crippen LogP contribution in [-0.4, -0.2) is 7.11 Å². The maximum atomic E-state index is 13.2. The highest BCUT2D eigenvalue weighted by Crippen LogP contribution is 2.27. The van der Waals surface area contributed by atoms with Gasteiger partial charge in [0, 0.05) is 17.7 Å². The van der Waals surface area contributed by atoms with Crippen LogP contribution in [0.4, 0.5) is 8.78 Å². The minimum Gasteiger partial charge on any atom is -0.496 e. The van der Waals surface area contributed by atoms with Crippen LogP contribution in [0, 0.1) is 18.6 Å². The average molecular weight is 277 g/mol. The number of methoxy groups -OCH3 is 1. The summed E-state index contributed by atoms with van der Waals surface area (Å²) in [5.41, 5.74) is 8.56. The molecule has 0 fully saturated rings. The van der Waals surface area contributed by atoms with E-state index in [4.69, 9.17) is 10.5 Å². The average Bonchev–Trinajstić information content (AvgIpc) is 2.37. The Morgan fingerprint density at radius 2 is 1.75 bits per heavy atom. The molecule has 0 saturated carbocycles. The Labute approximate surface area is 117 Å². The summed E-state index contributed by atoms with van der Waals surface area (Å²) in [5, 5.41) is 0. The third-order valence-corrected chi connectivity index (χ3v) is 3.16. The van der Waals surface area contributed by atoms with Crippen LogP contribution in [-0.2, 0) is 6.42 Å². The molecule has 0 aliphatic rings. The van der Waals surface area contributed by atoms with Gasteiger partial charge in [0.25, 0.3) is 0 Å². The Hall–Kier alpha value is -1.94. The van der Waals surface area contributed by atoms with Crippen LogP contribution in [0.3, 0.4) is 0 Å². The van der Waals surface area contributed by atoms with Crippen LogP contribution in [0.25, 0.3) is 0 Å². The van der Waals surface area contributed by atoms with E-state index in [2.05, 4.69) is 0 Å². The number of hydrogen-bond donors (Lipinski definition) is 1. The molecule has 0 heterocycles. The molecule has 1 unspecified atom stereocenters. The van der Waals surface area contributed by atoms with Crippen LogP contribution < -0.4 is 10.5 Å². The predicted octanol–water partition coefficient (Wildman–Crippen LogP) is 3.52. The van der Waals surface area contributed by atoms with E-state index in [0.29, 0.717) is 17.7 Å². The van der Waals surface area contributed by atoms with E-state index in [1.54, 1.807) is 7.11 Å². The second-order valence-electron chi connectivity index (χ2n) is 4.83. The molecular formula is C16H17F2NO. The van der Waals surface area contributed by atoms with Gasteiger partial charge in [0.05, 0.1) is 7.11 Å². The topological polar surface area (TPSA) is 35.2 Å². The van der Waals surface area contributed by atoms with E-state index in [0.717, 1.165) is 17.2 Å². The first kappa shape index (κ1) is 14.5. The van der Waals surface area contributed by atoms with Gasteiger partial charge in [-0.05, 0) is 37.1 Å². The lowest BCUT2D eigenvalue weighted by molar-refractivity contribution is 0.405. The van der Waals surface area contributed by atoms with E-state index >= 15 is 0 Å². The van der Waals surface area contributed by atoms with Crippen LogP contribution >= 0.6 is 0 Å². The molecule has 2 N–H and O–H groups in total. The van der Waals surface area contributed by atoms with Crippen LogP contribution in [0.15, 0.2) is 36.4 Å². The number of nitrogens with two attached hydrogens (primary N) is 1. The van der Waals surface area contributed by atoms with E-state index in [9.17, 15) is 8.78 Å². The molecule has 1 atom stereocenters. The van der Waals surface area contributed by atoms with Gasteiger partial charge in [0.2, 0.25) is 0 Å². The first-order valence-electron chi connectivity index (χ1n) is 6.34. The van der Waals surface area contributed by atoms with Gasteiger partial charge in [-0.1, -0.05) is 17.7 Å². The van der Waals surface area contributed by atoms with Crippen molar-refractivity contribution in [1.29, 1.82) is 0 Å². The molecule has 0 aliphatic carbocycles. The fourth-order valence-corrected chi connectivity index (χ4v) is 2.24. The number of benzene rings is 2. The molecule has 106 valence electrons. The largest absolute Gasteiger partial charge is 0.496 e. The van der Waals surface area contributed by atoms with Crippen molar-refractivity contribution < 1.29 is 13.5 Å². The zero-order valence-electron chi connectivity index (χ0n) is 11.5. The zero-order chi connectivity index (χ0) is 14.7. The summed E-state index contributed by atoms with van der Waals surface area (Å²) >= 11 is 0. The smallest absolute Gasteiger partial charge is 0.126 e. The minimum atomic E-state index is -0.594. The van der Waals surface area contributed by atoms with Crippen molar-refractivity contribution in [2.45, 2.75) is 19.4 Å². The van der Waals surface area contributed by atoms with Crippen molar-refractivity contribution in [1.82, 2.24) is 0 Å². The number of ether oxygens (including phenoxy) is 1. The summed E-state index contributed by atoms with van der Waals surface area (Å²) in [6.07, 6.45) is 0.342. The third-order valence-electron chi connectivity index (χ3n) is 3.16. The van der Waals surface area contributed by atoms with Crippen molar-refractivity contribution in [2.75, 3.05) is 7.11 Å². The quantitative estimate of drug-likeness (QED) is 0.928. The lowest BCUT2D eigenvalue weighted by Gasteiger charge is -2.16. The van der Waals surface area contributed by atoms with Gasteiger partial charge >= 0.3 is 0 Å². The molecule has 0 aliphatic heterocycles. The lowest BCUT2D eigenvalue weighted by Crippen LogP contribution is -2.15. The Bertz CT molecular complexity index is 593. The molecule has 0 bridgehead atoms. The maximum absolute atomic E-state index is 13.2. The Kier molecular flexibility index (Phi) is 4.35. The first-order chi connectivity index (χ1) is 9.49. The van der Waals surface area contributed by atoms with Crippen LogP contribution in [0.5, 0.6) is 5.75 Å². The normalized spacial score (nSPS) is 12.2. The van der Waals surface area contributed by atoms with Crippen molar-refractivity contribution in [3.05, 3.63) is 64.7 Å². The lowest BCUT2D eigenvalue weighted by atomic mass is 9.97.